The zero-order chi connectivity index (χ0) is 42.3. The maximum absolute atomic E-state index is 13.2. The Morgan fingerprint density at radius 3 is 1.41 bits per heavy atom. The van der Waals surface area contributed by atoms with E-state index >= 15 is 0 Å². The van der Waals surface area contributed by atoms with Gasteiger partial charge in [-0.25, -0.2) is 0 Å². The first-order valence-corrected chi connectivity index (χ1v) is 21.5. The summed E-state index contributed by atoms with van der Waals surface area (Å²) < 4.78 is 1.10. The number of carbonyl (C=O) groups excluding carboxylic acids is 4. The first kappa shape index (κ1) is 43.9. The molecule has 0 aromatic heterocycles. The summed E-state index contributed by atoms with van der Waals surface area (Å²) >= 11 is 14.1. The van der Waals surface area contributed by atoms with Crippen LogP contribution in [0.5, 0.6) is 0 Å². The first-order chi connectivity index (χ1) is 28.2. The molecule has 2 aliphatic rings. The highest BCUT2D eigenvalue weighted by Crippen LogP contribution is 2.35. The van der Waals surface area contributed by atoms with Crippen LogP contribution in [0.15, 0.2) is 127 Å². The summed E-state index contributed by atoms with van der Waals surface area (Å²) in [5.74, 6) is -0.0824. The fraction of sp³-hybridized carbons (Fsp3) is 0.292. The molecule has 0 saturated carbocycles. The maximum atomic E-state index is 13.2. The van der Waals surface area contributed by atoms with Crippen molar-refractivity contribution in [3.05, 3.63) is 163 Å². The van der Waals surface area contributed by atoms with E-state index in [1.807, 2.05) is 123 Å². The van der Waals surface area contributed by atoms with Crippen LogP contribution in [0.25, 0.3) is 11.1 Å². The monoisotopic (exact) mass is 942 g/mol. The minimum Gasteiger partial charge on any atom is -0.339 e. The molecule has 0 radical (unpaired) electrons. The number of hydrogen-bond acceptors (Lipinski definition) is 4. The predicted octanol–water partition coefficient (Wildman–Crippen LogP) is 9.34. The lowest BCUT2D eigenvalue weighted by Crippen LogP contribution is -2.67. The molecule has 5 aromatic rings. The average molecular weight is 944 g/mol. The van der Waals surface area contributed by atoms with Crippen LogP contribution in [0.4, 0.5) is 0 Å². The molecule has 2 unspecified atom stereocenters. The summed E-state index contributed by atoms with van der Waals surface area (Å²) in [6, 6.07) is 41.0. The van der Waals surface area contributed by atoms with Gasteiger partial charge in [-0.15, -0.1) is 0 Å². The SMILES string of the molecule is CN(Cc1ccc(Cl)cc1)C(=O)C1(C)CCN1C(=O)Cc1cccc(-c2ccccc2)c1.CN(Cc1ccc(Cl)cc1)C(=O)C1(C)CCN1C(=O)Cc1cccc(I)c1. The highest BCUT2D eigenvalue weighted by atomic mass is 127. The van der Waals surface area contributed by atoms with Gasteiger partial charge in [-0.3, -0.25) is 19.2 Å². The van der Waals surface area contributed by atoms with Gasteiger partial charge in [0.15, 0.2) is 0 Å². The van der Waals surface area contributed by atoms with Crippen molar-refractivity contribution in [3.8, 4) is 11.1 Å². The van der Waals surface area contributed by atoms with E-state index in [4.69, 9.17) is 23.2 Å². The van der Waals surface area contributed by atoms with Crippen LogP contribution in [-0.4, -0.2) is 81.5 Å². The van der Waals surface area contributed by atoms with Gasteiger partial charge in [0, 0.05) is 53.9 Å². The molecule has 2 saturated heterocycles. The maximum Gasteiger partial charge on any atom is 0.248 e. The molecule has 2 aliphatic heterocycles. The topological polar surface area (TPSA) is 81.2 Å². The van der Waals surface area contributed by atoms with E-state index in [1.54, 1.807) is 33.7 Å². The van der Waals surface area contributed by atoms with E-state index in [9.17, 15) is 19.2 Å². The number of likely N-dealkylation sites (tertiary alicyclic amines) is 2. The lowest BCUT2D eigenvalue weighted by atomic mass is 9.84. The number of halogens is 3. The third kappa shape index (κ3) is 10.5. The van der Waals surface area contributed by atoms with Crippen LogP contribution >= 0.6 is 45.8 Å². The number of benzene rings is 5. The van der Waals surface area contributed by atoms with Crippen molar-refractivity contribution in [3.63, 3.8) is 0 Å². The van der Waals surface area contributed by atoms with Crippen molar-refractivity contribution in [1.82, 2.24) is 19.6 Å². The summed E-state index contributed by atoms with van der Waals surface area (Å²) in [5.41, 5.74) is 4.58. The summed E-state index contributed by atoms with van der Waals surface area (Å²) in [6.45, 7) is 5.94. The van der Waals surface area contributed by atoms with Crippen molar-refractivity contribution < 1.29 is 19.2 Å². The third-order valence-corrected chi connectivity index (χ3v) is 12.5. The molecule has 4 amide bonds. The molecule has 0 N–H and O–H groups in total. The molecule has 11 heteroatoms. The molecule has 0 aliphatic carbocycles. The number of carbonyl (C=O) groups is 4. The predicted molar refractivity (Wildman–Crippen MR) is 244 cm³/mol. The third-order valence-electron chi connectivity index (χ3n) is 11.4. The summed E-state index contributed by atoms with van der Waals surface area (Å²) in [4.78, 5) is 59.0. The largest absolute Gasteiger partial charge is 0.339 e. The molecule has 306 valence electrons. The van der Waals surface area contributed by atoms with E-state index in [0.29, 0.717) is 55.5 Å². The molecular weight excluding hydrogens is 894 g/mol. The molecule has 8 nitrogen and oxygen atoms in total. The molecule has 0 spiro atoms. The fourth-order valence-corrected chi connectivity index (χ4v) is 8.59. The molecule has 59 heavy (non-hydrogen) atoms. The second-order valence-corrected chi connectivity index (χ2v) is 17.9. The Kier molecular flexibility index (Phi) is 14.2. The lowest BCUT2D eigenvalue weighted by Gasteiger charge is -2.50. The summed E-state index contributed by atoms with van der Waals surface area (Å²) in [7, 11) is 3.56. The number of rotatable bonds is 11. The summed E-state index contributed by atoms with van der Waals surface area (Å²) in [6.07, 6.45) is 1.96. The van der Waals surface area contributed by atoms with Crippen LogP contribution in [0.1, 0.15) is 48.9 Å². The van der Waals surface area contributed by atoms with Gasteiger partial charge in [0.05, 0.1) is 12.8 Å². The molecule has 2 heterocycles. The first-order valence-electron chi connectivity index (χ1n) is 19.7. The second kappa shape index (κ2) is 19.1. The highest BCUT2D eigenvalue weighted by molar-refractivity contribution is 14.1. The van der Waals surface area contributed by atoms with Gasteiger partial charge in [0.1, 0.15) is 11.1 Å². The standard InChI is InChI=1S/C27H27ClN2O2.C21H22ClIN2O2/c1-27(26(32)29(2)19-20-11-13-24(28)14-12-20)15-16-30(27)25(31)18-21-7-6-10-23(17-21)22-8-4-3-5-9-22;1-21(20(27)24(2)14-15-6-8-17(22)9-7-15)10-11-25(21)19(26)13-16-4-3-5-18(23)12-16/h3-14,17H,15-16,18-19H2,1-2H3;3-9,12H,10-11,13-14H2,1-2H3. The lowest BCUT2D eigenvalue weighted by molar-refractivity contribution is -0.163. The Labute approximate surface area is 371 Å². The zero-order valence-corrected chi connectivity index (χ0v) is 37.5. The van der Waals surface area contributed by atoms with Gasteiger partial charge < -0.3 is 19.6 Å². The number of hydrogen-bond donors (Lipinski definition) is 0. The summed E-state index contributed by atoms with van der Waals surface area (Å²) in [5, 5.41) is 1.34. The van der Waals surface area contributed by atoms with Crippen molar-refractivity contribution in [1.29, 1.82) is 0 Å². The van der Waals surface area contributed by atoms with Crippen molar-refractivity contribution in [2.75, 3.05) is 27.2 Å². The van der Waals surface area contributed by atoms with E-state index in [-0.39, 0.29) is 30.0 Å². The van der Waals surface area contributed by atoms with Crippen LogP contribution in [0, 0.1) is 3.57 Å². The normalized spacial score (nSPS) is 18.1. The van der Waals surface area contributed by atoms with Crippen LogP contribution in [0.3, 0.4) is 0 Å². The van der Waals surface area contributed by atoms with Crippen LogP contribution in [0.2, 0.25) is 10.0 Å². The van der Waals surface area contributed by atoms with Crippen molar-refractivity contribution in [2.45, 2.75) is 63.7 Å². The van der Waals surface area contributed by atoms with Crippen LogP contribution in [-0.2, 0) is 45.1 Å². The smallest absolute Gasteiger partial charge is 0.248 e. The molecule has 5 aromatic carbocycles. The molecule has 2 atom stereocenters. The Hall–Kier alpha value is -4.71. The number of likely N-dealkylation sites (N-methyl/N-ethyl adjacent to an activating group) is 2. The Morgan fingerprint density at radius 1 is 0.559 bits per heavy atom. The molecule has 2 fully saturated rings. The van der Waals surface area contributed by atoms with E-state index in [1.165, 1.54) is 0 Å². The van der Waals surface area contributed by atoms with E-state index in [0.717, 1.165) is 37.0 Å². The van der Waals surface area contributed by atoms with Crippen molar-refractivity contribution in [2.24, 2.45) is 0 Å². The second-order valence-electron chi connectivity index (χ2n) is 15.8. The highest BCUT2D eigenvalue weighted by Gasteiger charge is 2.51. The van der Waals surface area contributed by atoms with Gasteiger partial charge in [0.2, 0.25) is 23.6 Å². The minimum absolute atomic E-state index is 0.000932. The average Bonchev–Trinajstić information content (AvgIpc) is 3.21. The Bertz CT molecular complexity index is 2290. The van der Waals surface area contributed by atoms with Gasteiger partial charge in [-0.2, -0.15) is 0 Å². The number of nitrogens with zero attached hydrogens (tertiary/aromatic N) is 4. The van der Waals surface area contributed by atoms with Gasteiger partial charge in [-0.1, -0.05) is 114 Å². The zero-order valence-electron chi connectivity index (χ0n) is 33.8. The van der Waals surface area contributed by atoms with Gasteiger partial charge in [-0.05, 0) is 119 Å². The van der Waals surface area contributed by atoms with E-state index in [2.05, 4.69) is 40.8 Å². The number of amides is 4. The van der Waals surface area contributed by atoms with Crippen molar-refractivity contribution >= 4 is 69.4 Å². The Morgan fingerprint density at radius 2 is 0.983 bits per heavy atom. The molecule has 0 bridgehead atoms. The molecule has 7 rings (SSSR count). The van der Waals surface area contributed by atoms with Gasteiger partial charge >= 0.3 is 0 Å². The molecular formula is C48H49Cl2IN4O4. The van der Waals surface area contributed by atoms with Gasteiger partial charge in [0.25, 0.3) is 0 Å². The fourth-order valence-electron chi connectivity index (χ4n) is 7.73. The Balaban J connectivity index is 0.000000201. The van der Waals surface area contributed by atoms with Crippen LogP contribution < -0.4 is 0 Å². The quantitative estimate of drug-likeness (QED) is 0.124. The minimum atomic E-state index is -0.796. The van der Waals surface area contributed by atoms with E-state index < -0.39 is 11.1 Å².